The number of hydrogen-bond acceptors (Lipinski definition) is 4. The zero-order chi connectivity index (χ0) is 15.6. The van der Waals surface area contributed by atoms with Crippen molar-refractivity contribution in [3.8, 4) is 6.07 Å². The molecule has 0 fully saturated rings. The molecular weight excluding hydrogens is 288 g/mol. The van der Waals surface area contributed by atoms with Gasteiger partial charge in [-0.1, -0.05) is 24.6 Å². The minimum absolute atomic E-state index is 0.490. The van der Waals surface area contributed by atoms with E-state index in [2.05, 4.69) is 20.8 Å². The van der Waals surface area contributed by atoms with Crippen LogP contribution in [0.3, 0.4) is 0 Å². The summed E-state index contributed by atoms with van der Waals surface area (Å²) in [7, 11) is 0. The summed E-state index contributed by atoms with van der Waals surface area (Å²) in [6.07, 6.45) is 6.10. The van der Waals surface area contributed by atoms with Gasteiger partial charge in [0.05, 0.1) is 0 Å². The molecule has 5 nitrogen and oxygen atoms in total. The van der Waals surface area contributed by atoms with Crippen molar-refractivity contribution in [2.75, 3.05) is 0 Å². The van der Waals surface area contributed by atoms with E-state index < -0.39 is 0 Å². The van der Waals surface area contributed by atoms with Crippen LogP contribution in [0.15, 0.2) is 34.7 Å². The van der Waals surface area contributed by atoms with Gasteiger partial charge in [-0.25, -0.2) is 0 Å². The van der Waals surface area contributed by atoms with Crippen molar-refractivity contribution in [2.45, 2.75) is 32.2 Å². The molecule has 3 aromatic rings. The number of rotatable bonds is 2. The highest BCUT2D eigenvalue weighted by Crippen LogP contribution is 2.24. The first kappa shape index (κ1) is 13.8. The maximum atomic E-state index is 9.56. The molecule has 0 saturated heterocycles. The van der Waals surface area contributed by atoms with Crippen LogP contribution in [-0.2, 0) is 13.0 Å². The molecule has 1 aliphatic rings. The Bertz CT molecular complexity index is 893. The Morgan fingerprint density at radius 1 is 1.22 bits per heavy atom. The fraction of sp³-hybridized carbons (Fsp3) is 0.278. The molecule has 0 aliphatic carbocycles. The van der Waals surface area contributed by atoms with E-state index in [1.165, 1.54) is 6.42 Å². The fourth-order valence-corrected chi connectivity index (χ4v) is 3.05. The lowest BCUT2D eigenvalue weighted by Crippen LogP contribution is -2.05. The van der Waals surface area contributed by atoms with Crippen molar-refractivity contribution in [3.63, 3.8) is 0 Å². The Balaban J connectivity index is 1.77. The number of furan rings is 1. The van der Waals surface area contributed by atoms with Gasteiger partial charge >= 0.3 is 0 Å². The normalized spacial score (nSPS) is 15.2. The van der Waals surface area contributed by atoms with Crippen LogP contribution in [0, 0.1) is 11.3 Å². The largest absolute Gasteiger partial charge is 0.457 e. The molecule has 0 spiro atoms. The van der Waals surface area contributed by atoms with E-state index in [9.17, 15) is 5.26 Å². The number of nitrogens with zero attached hydrogens (tertiary/aromatic N) is 4. The third-order valence-corrected chi connectivity index (χ3v) is 4.20. The number of nitriles is 1. The first-order valence-corrected chi connectivity index (χ1v) is 7.88. The average Bonchev–Trinajstić information content (AvgIpc) is 3.09. The van der Waals surface area contributed by atoms with Crippen molar-refractivity contribution in [2.24, 2.45) is 0 Å². The molecule has 1 aromatic carbocycles. The van der Waals surface area contributed by atoms with E-state index >= 15 is 0 Å². The number of fused-ring (bicyclic) bond motifs is 2. The molecule has 2 aromatic heterocycles. The predicted octanol–water partition coefficient (Wildman–Crippen LogP) is 3.81. The van der Waals surface area contributed by atoms with E-state index in [1.54, 1.807) is 6.08 Å². The van der Waals surface area contributed by atoms with Crippen LogP contribution < -0.4 is 0 Å². The first-order valence-electron chi connectivity index (χ1n) is 7.88. The summed E-state index contributed by atoms with van der Waals surface area (Å²) in [5, 5.41) is 19.1. The highest BCUT2D eigenvalue weighted by Gasteiger charge is 2.18. The molecule has 0 unspecified atom stereocenters. The number of benzene rings is 1. The summed E-state index contributed by atoms with van der Waals surface area (Å²) >= 11 is 0. The summed E-state index contributed by atoms with van der Waals surface area (Å²) in [6.45, 7) is 0.872. The van der Waals surface area contributed by atoms with Gasteiger partial charge in [0.15, 0.2) is 5.82 Å². The maximum absolute atomic E-state index is 9.56. The van der Waals surface area contributed by atoms with Crippen LogP contribution in [0.2, 0.25) is 0 Å². The number of para-hydroxylation sites is 1. The van der Waals surface area contributed by atoms with Gasteiger partial charge in [0.25, 0.3) is 0 Å². The zero-order valence-electron chi connectivity index (χ0n) is 12.7. The standard InChI is InChI=1S/C18H16N4O/c19-12-14(11-15-10-13-6-3-4-7-16(13)23-15)18-21-20-17-8-2-1-5-9-22(17)18/h3-4,6-7,10-11H,1-2,5,8-9H2. The lowest BCUT2D eigenvalue weighted by molar-refractivity contribution is 0.604. The van der Waals surface area contributed by atoms with E-state index in [0.717, 1.165) is 42.6 Å². The second kappa shape index (κ2) is 5.73. The van der Waals surface area contributed by atoms with Crippen molar-refractivity contribution < 1.29 is 4.42 Å². The van der Waals surface area contributed by atoms with Gasteiger partial charge in [0.2, 0.25) is 0 Å². The predicted molar refractivity (Wildman–Crippen MR) is 87.3 cm³/mol. The van der Waals surface area contributed by atoms with Gasteiger partial charge in [-0.3, -0.25) is 0 Å². The van der Waals surface area contributed by atoms with Crippen LogP contribution in [0.4, 0.5) is 0 Å². The summed E-state index contributed by atoms with van der Waals surface area (Å²) < 4.78 is 7.86. The topological polar surface area (TPSA) is 67.6 Å². The van der Waals surface area contributed by atoms with E-state index in [-0.39, 0.29) is 0 Å². The van der Waals surface area contributed by atoms with E-state index in [1.807, 2.05) is 30.3 Å². The molecule has 0 radical (unpaired) electrons. The Kier molecular flexibility index (Phi) is 3.43. The second-order valence-corrected chi connectivity index (χ2v) is 5.76. The number of aryl methyl sites for hydroxylation is 1. The van der Waals surface area contributed by atoms with Crippen LogP contribution in [0.1, 0.15) is 36.7 Å². The van der Waals surface area contributed by atoms with Gasteiger partial charge < -0.3 is 8.98 Å². The number of aromatic nitrogens is 3. The summed E-state index contributed by atoms with van der Waals surface area (Å²) in [4.78, 5) is 0. The van der Waals surface area contributed by atoms with E-state index in [0.29, 0.717) is 17.2 Å². The van der Waals surface area contributed by atoms with Crippen molar-refractivity contribution in [1.29, 1.82) is 5.26 Å². The minimum Gasteiger partial charge on any atom is -0.457 e. The molecule has 0 amide bonds. The monoisotopic (exact) mass is 304 g/mol. The summed E-state index contributed by atoms with van der Waals surface area (Å²) in [5.74, 6) is 2.28. The van der Waals surface area contributed by atoms with Crippen LogP contribution in [0.25, 0.3) is 22.6 Å². The Morgan fingerprint density at radius 3 is 3.00 bits per heavy atom. The molecule has 0 N–H and O–H groups in total. The Labute approximate surface area is 133 Å². The quantitative estimate of drug-likeness (QED) is 0.675. The molecule has 3 heterocycles. The highest BCUT2D eigenvalue weighted by atomic mass is 16.3. The van der Waals surface area contributed by atoms with Gasteiger partial charge in [0.1, 0.15) is 28.8 Å². The van der Waals surface area contributed by atoms with Gasteiger partial charge in [-0.15, -0.1) is 10.2 Å². The summed E-state index contributed by atoms with van der Waals surface area (Å²) in [5.41, 5.74) is 1.31. The van der Waals surface area contributed by atoms with Gasteiger partial charge in [-0.05, 0) is 25.0 Å². The van der Waals surface area contributed by atoms with Crippen LogP contribution in [-0.4, -0.2) is 14.8 Å². The van der Waals surface area contributed by atoms with Crippen molar-refractivity contribution >= 4 is 22.6 Å². The SMILES string of the molecule is N#CC(=Cc1cc2ccccc2o1)c1nnc2n1CCCCC2. The third-order valence-electron chi connectivity index (χ3n) is 4.20. The maximum Gasteiger partial charge on any atom is 0.174 e. The Hall–Kier alpha value is -2.87. The summed E-state index contributed by atoms with van der Waals surface area (Å²) in [6, 6.07) is 12.0. The lowest BCUT2D eigenvalue weighted by atomic mass is 10.2. The molecule has 5 heteroatoms. The second-order valence-electron chi connectivity index (χ2n) is 5.76. The third kappa shape index (κ3) is 2.53. The van der Waals surface area contributed by atoms with Gasteiger partial charge in [-0.2, -0.15) is 5.26 Å². The molecule has 114 valence electrons. The molecule has 23 heavy (non-hydrogen) atoms. The van der Waals surface area contributed by atoms with Crippen LogP contribution >= 0.6 is 0 Å². The number of allylic oxidation sites excluding steroid dienone is 1. The van der Waals surface area contributed by atoms with Crippen molar-refractivity contribution in [1.82, 2.24) is 14.8 Å². The highest BCUT2D eigenvalue weighted by molar-refractivity contribution is 5.89. The first-order chi connectivity index (χ1) is 11.3. The minimum atomic E-state index is 0.490. The average molecular weight is 304 g/mol. The number of hydrogen-bond donors (Lipinski definition) is 0. The fourth-order valence-electron chi connectivity index (χ4n) is 3.05. The molecule has 0 bridgehead atoms. The van der Waals surface area contributed by atoms with Gasteiger partial charge in [0, 0.05) is 24.4 Å². The molecule has 4 rings (SSSR count). The lowest BCUT2D eigenvalue weighted by Gasteiger charge is -2.05. The van der Waals surface area contributed by atoms with E-state index in [4.69, 9.17) is 4.42 Å². The zero-order valence-corrected chi connectivity index (χ0v) is 12.7. The Morgan fingerprint density at radius 2 is 2.13 bits per heavy atom. The van der Waals surface area contributed by atoms with Crippen molar-refractivity contribution in [3.05, 3.63) is 47.7 Å². The molecule has 1 aliphatic heterocycles. The smallest absolute Gasteiger partial charge is 0.174 e. The molecule has 0 atom stereocenters. The van der Waals surface area contributed by atoms with Crippen LogP contribution in [0.5, 0.6) is 0 Å². The molecule has 0 saturated carbocycles. The molecular formula is C18H16N4O.